The first-order valence-electron chi connectivity index (χ1n) is 6.36. The lowest BCUT2D eigenvalue weighted by molar-refractivity contribution is 0.0663. The number of carbonyl (C=O) groups is 1. The highest BCUT2D eigenvalue weighted by Crippen LogP contribution is 2.24. The number of carboxylic acids is 1. The van der Waals surface area contributed by atoms with Crippen molar-refractivity contribution in [2.75, 3.05) is 0 Å². The SMILES string of the molecule is Cc1cc(-c2ccc(-c3ccc(C(=O)O)o3)nc2)ccn1. The van der Waals surface area contributed by atoms with Crippen molar-refractivity contribution >= 4 is 5.97 Å². The van der Waals surface area contributed by atoms with Crippen molar-refractivity contribution in [2.24, 2.45) is 0 Å². The molecule has 0 bridgehead atoms. The van der Waals surface area contributed by atoms with Gasteiger partial charge in [-0.05, 0) is 42.8 Å². The Bertz CT molecular complexity index is 791. The van der Waals surface area contributed by atoms with E-state index in [-0.39, 0.29) is 5.76 Å². The molecule has 104 valence electrons. The van der Waals surface area contributed by atoms with Gasteiger partial charge in [0.1, 0.15) is 5.69 Å². The molecule has 5 nitrogen and oxygen atoms in total. The fraction of sp³-hybridized carbons (Fsp3) is 0.0625. The molecule has 5 heteroatoms. The molecule has 0 aliphatic carbocycles. The zero-order valence-electron chi connectivity index (χ0n) is 11.3. The van der Waals surface area contributed by atoms with Crippen molar-refractivity contribution in [2.45, 2.75) is 6.92 Å². The number of aromatic nitrogens is 2. The van der Waals surface area contributed by atoms with E-state index < -0.39 is 5.97 Å². The van der Waals surface area contributed by atoms with E-state index in [1.165, 1.54) is 6.07 Å². The van der Waals surface area contributed by atoms with E-state index in [1.54, 1.807) is 24.5 Å². The predicted molar refractivity (Wildman–Crippen MR) is 76.9 cm³/mol. The van der Waals surface area contributed by atoms with Crippen molar-refractivity contribution in [3.63, 3.8) is 0 Å². The van der Waals surface area contributed by atoms with Gasteiger partial charge in [0.05, 0.1) is 0 Å². The van der Waals surface area contributed by atoms with Crippen LogP contribution < -0.4 is 0 Å². The summed E-state index contributed by atoms with van der Waals surface area (Å²) < 4.78 is 5.22. The highest BCUT2D eigenvalue weighted by atomic mass is 16.4. The maximum Gasteiger partial charge on any atom is 0.371 e. The number of hydrogen-bond acceptors (Lipinski definition) is 4. The van der Waals surface area contributed by atoms with Crippen LogP contribution in [-0.2, 0) is 0 Å². The second-order valence-electron chi connectivity index (χ2n) is 4.59. The third-order valence-electron chi connectivity index (χ3n) is 3.06. The number of carboxylic acid groups (broad SMARTS) is 1. The Kier molecular flexibility index (Phi) is 3.23. The quantitative estimate of drug-likeness (QED) is 0.795. The average molecular weight is 280 g/mol. The normalized spacial score (nSPS) is 10.5. The molecule has 0 aliphatic rings. The van der Waals surface area contributed by atoms with Gasteiger partial charge in [0, 0.05) is 23.7 Å². The summed E-state index contributed by atoms with van der Waals surface area (Å²) in [6, 6.07) is 10.6. The van der Waals surface area contributed by atoms with Gasteiger partial charge in [0.15, 0.2) is 5.76 Å². The zero-order chi connectivity index (χ0) is 14.8. The van der Waals surface area contributed by atoms with Crippen LogP contribution in [0.4, 0.5) is 0 Å². The molecule has 0 radical (unpaired) electrons. The molecule has 3 aromatic rings. The zero-order valence-corrected chi connectivity index (χ0v) is 11.3. The van der Waals surface area contributed by atoms with Gasteiger partial charge in [-0.2, -0.15) is 0 Å². The summed E-state index contributed by atoms with van der Waals surface area (Å²) >= 11 is 0. The number of nitrogens with zero attached hydrogens (tertiary/aromatic N) is 2. The van der Waals surface area contributed by atoms with Crippen molar-refractivity contribution in [3.05, 3.63) is 60.2 Å². The number of aryl methyl sites for hydroxylation is 1. The summed E-state index contributed by atoms with van der Waals surface area (Å²) in [6.45, 7) is 1.93. The Morgan fingerprint density at radius 1 is 1.10 bits per heavy atom. The maximum absolute atomic E-state index is 10.8. The maximum atomic E-state index is 10.8. The van der Waals surface area contributed by atoms with Gasteiger partial charge in [0.2, 0.25) is 5.76 Å². The minimum Gasteiger partial charge on any atom is -0.475 e. The summed E-state index contributed by atoms with van der Waals surface area (Å²) in [5.74, 6) is -0.754. The molecule has 0 aromatic carbocycles. The van der Waals surface area contributed by atoms with Gasteiger partial charge in [-0.1, -0.05) is 6.07 Å². The van der Waals surface area contributed by atoms with Crippen LogP contribution in [-0.4, -0.2) is 21.0 Å². The average Bonchev–Trinajstić information content (AvgIpc) is 2.97. The van der Waals surface area contributed by atoms with Crippen LogP contribution in [0.3, 0.4) is 0 Å². The van der Waals surface area contributed by atoms with Gasteiger partial charge in [-0.3, -0.25) is 9.97 Å². The fourth-order valence-corrected chi connectivity index (χ4v) is 2.03. The van der Waals surface area contributed by atoms with Crippen molar-refractivity contribution in [1.29, 1.82) is 0 Å². The van der Waals surface area contributed by atoms with E-state index in [2.05, 4.69) is 9.97 Å². The van der Waals surface area contributed by atoms with Crippen molar-refractivity contribution in [3.8, 4) is 22.6 Å². The molecule has 0 fully saturated rings. The summed E-state index contributed by atoms with van der Waals surface area (Å²) in [5.41, 5.74) is 3.53. The topological polar surface area (TPSA) is 76.2 Å². The summed E-state index contributed by atoms with van der Waals surface area (Å²) in [5, 5.41) is 8.84. The molecule has 3 heterocycles. The summed E-state index contributed by atoms with van der Waals surface area (Å²) in [7, 11) is 0. The fourth-order valence-electron chi connectivity index (χ4n) is 2.03. The van der Waals surface area contributed by atoms with Gasteiger partial charge in [-0.15, -0.1) is 0 Å². The third kappa shape index (κ3) is 2.67. The van der Waals surface area contributed by atoms with Crippen LogP contribution in [0.5, 0.6) is 0 Å². The first-order chi connectivity index (χ1) is 10.1. The van der Waals surface area contributed by atoms with Crippen LogP contribution in [0.15, 0.2) is 53.2 Å². The number of hydrogen-bond donors (Lipinski definition) is 1. The summed E-state index contributed by atoms with van der Waals surface area (Å²) in [6.07, 6.45) is 3.48. The van der Waals surface area contributed by atoms with E-state index in [0.717, 1.165) is 16.8 Å². The Morgan fingerprint density at radius 2 is 1.95 bits per heavy atom. The molecular formula is C16H12N2O3. The molecule has 1 N–H and O–H groups in total. The Morgan fingerprint density at radius 3 is 2.57 bits per heavy atom. The van der Waals surface area contributed by atoms with Gasteiger partial charge in [-0.25, -0.2) is 4.79 Å². The molecule has 0 saturated heterocycles. The van der Waals surface area contributed by atoms with E-state index in [0.29, 0.717) is 11.5 Å². The highest BCUT2D eigenvalue weighted by molar-refractivity contribution is 5.85. The monoisotopic (exact) mass is 280 g/mol. The molecule has 0 saturated carbocycles. The Hall–Kier alpha value is -2.95. The number of pyridine rings is 2. The number of rotatable bonds is 3. The third-order valence-corrected chi connectivity index (χ3v) is 3.06. The van der Waals surface area contributed by atoms with Gasteiger partial charge >= 0.3 is 5.97 Å². The molecular weight excluding hydrogens is 268 g/mol. The molecule has 21 heavy (non-hydrogen) atoms. The first kappa shape index (κ1) is 13.1. The second-order valence-corrected chi connectivity index (χ2v) is 4.59. The smallest absolute Gasteiger partial charge is 0.371 e. The standard InChI is InChI=1S/C16H12N2O3/c1-10-8-11(6-7-17-10)12-2-3-13(18-9-12)14-4-5-15(21-14)16(19)20/h2-9H,1H3,(H,19,20). The van der Waals surface area contributed by atoms with E-state index in [4.69, 9.17) is 9.52 Å². The van der Waals surface area contributed by atoms with E-state index >= 15 is 0 Å². The van der Waals surface area contributed by atoms with E-state index in [1.807, 2.05) is 25.1 Å². The lowest BCUT2D eigenvalue weighted by atomic mass is 10.1. The molecule has 3 rings (SSSR count). The molecule has 0 spiro atoms. The largest absolute Gasteiger partial charge is 0.475 e. The van der Waals surface area contributed by atoms with Crippen LogP contribution in [0.2, 0.25) is 0 Å². The number of aromatic carboxylic acids is 1. The highest BCUT2D eigenvalue weighted by Gasteiger charge is 2.11. The summed E-state index contributed by atoms with van der Waals surface area (Å²) in [4.78, 5) is 19.3. The van der Waals surface area contributed by atoms with Crippen LogP contribution in [0, 0.1) is 6.92 Å². The number of furan rings is 1. The van der Waals surface area contributed by atoms with Crippen molar-refractivity contribution in [1.82, 2.24) is 9.97 Å². The molecule has 3 aromatic heterocycles. The Labute approximate surface area is 120 Å². The molecule has 0 amide bonds. The lowest BCUT2D eigenvalue weighted by Crippen LogP contribution is -1.91. The van der Waals surface area contributed by atoms with Crippen molar-refractivity contribution < 1.29 is 14.3 Å². The Balaban J connectivity index is 1.91. The van der Waals surface area contributed by atoms with E-state index in [9.17, 15) is 4.79 Å². The molecule has 0 aliphatic heterocycles. The second kappa shape index (κ2) is 5.20. The van der Waals surface area contributed by atoms with Crippen LogP contribution in [0.1, 0.15) is 16.2 Å². The van der Waals surface area contributed by atoms with Crippen LogP contribution in [0.25, 0.3) is 22.6 Å². The minimum absolute atomic E-state index is 0.0966. The predicted octanol–water partition coefficient (Wildman–Crippen LogP) is 3.41. The van der Waals surface area contributed by atoms with Gasteiger partial charge < -0.3 is 9.52 Å². The molecule has 0 unspecified atom stereocenters. The van der Waals surface area contributed by atoms with Crippen LogP contribution >= 0.6 is 0 Å². The van der Waals surface area contributed by atoms with Gasteiger partial charge in [0.25, 0.3) is 0 Å². The minimum atomic E-state index is -1.09. The molecule has 0 atom stereocenters. The lowest BCUT2D eigenvalue weighted by Gasteiger charge is -2.03. The first-order valence-corrected chi connectivity index (χ1v) is 6.36.